The average Bonchev–Trinajstić information content (AvgIpc) is 2.66. The van der Waals surface area contributed by atoms with Gasteiger partial charge in [-0.05, 0) is 62.6 Å². The summed E-state index contributed by atoms with van der Waals surface area (Å²) in [4.78, 5) is 25.3. The first-order chi connectivity index (χ1) is 13.8. The molecule has 29 heavy (non-hydrogen) atoms. The van der Waals surface area contributed by atoms with E-state index >= 15 is 0 Å². The largest absolute Gasteiger partial charge is 0.504 e. The summed E-state index contributed by atoms with van der Waals surface area (Å²) in [7, 11) is 0. The van der Waals surface area contributed by atoms with Crippen molar-refractivity contribution in [2.75, 3.05) is 11.9 Å². The predicted octanol–water partition coefficient (Wildman–Crippen LogP) is 3.67. The van der Waals surface area contributed by atoms with Crippen molar-refractivity contribution in [1.82, 2.24) is 10.6 Å². The number of rotatable bonds is 5. The number of nitrogens with one attached hydrogen (secondary N) is 3. The standard InChI is InChI=1S/C22H25N3O4/c1-5-29-18-11-15(8-9-17(18)26)20-19(14(4)23-22(28)25-20)21(27)24-16-10-12(2)6-7-13(16)3/h6-11,20,26H,5H2,1-4H3,(H,24,27)(H2,23,25,28)/t20-/m1/s1. The van der Waals surface area contributed by atoms with Crippen LogP contribution in [0.25, 0.3) is 0 Å². The second-order valence-corrected chi connectivity index (χ2v) is 7.00. The molecule has 0 spiro atoms. The van der Waals surface area contributed by atoms with E-state index in [0.29, 0.717) is 34.9 Å². The first-order valence-electron chi connectivity index (χ1n) is 9.42. The Hall–Kier alpha value is -3.48. The van der Waals surface area contributed by atoms with E-state index in [2.05, 4.69) is 16.0 Å². The lowest BCUT2D eigenvalue weighted by molar-refractivity contribution is -0.113. The molecule has 0 fully saturated rings. The summed E-state index contributed by atoms with van der Waals surface area (Å²) in [5.74, 6) is -0.0256. The zero-order chi connectivity index (χ0) is 21.1. The number of carbonyl (C=O) groups excluding carboxylic acids is 2. The molecule has 152 valence electrons. The van der Waals surface area contributed by atoms with Gasteiger partial charge in [0, 0.05) is 11.4 Å². The van der Waals surface area contributed by atoms with Gasteiger partial charge in [-0.15, -0.1) is 0 Å². The molecular formula is C22H25N3O4. The van der Waals surface area contributed by atoms with Gasteiger partial charge in [0.05, 0.1) is 18.2 Å². The van der Waals surface area contributed by atoms with E-state index in [1.165, 1.54) is 6.07 Å². The number of hydrogen-bond donors (Lipinski definition) is 4. The smallest absolute Gasteiger partial charge is 0.319 e. The van der Waals surface area contributed by atoms with Crippen molar-refractivity contribution >= 4 is 17.6 Å². The predicted molar refractivity (Wildman–Crippen MR) is 111 cm³/mol. The van der Waals surface area contributed by atoms with Crippen molar-refractivity contribution in [3.05, 3.63) is 64.4 Å². The molecule has 4 N–H and O–H groups in total. The highest BCUT2D eigenvalue weighted by Crippen LogP contribution is 2.34. The van der Waals surface area contributed by atoms with Crippen LogP contribution in [0.5, 0.6) is 11.5 Å². The number of phenolic OH excluding ortho intramolecular Hbond substituents is 1. The molecule has 7 nitrogen and oxygen atoms in total. The summed E-state index contributed by atoms with van der Waals surface area (Å²) in [5, 5.41) is 18.4. The van der Waals surface area contributed by atoms with Gasteiger partial charge in [-0.3, -0.25) is 4.79 Å². The van der Waals surface area contributed by atoms with E-state index in [1.807, 2.05) is 39.0 Å². The van der Waals surface area contributed by atoms with Gasteiger partial charge in [0.1, 0.15) is 0 Å². The molecule has 1 aliphatic rings. The van der Waals surface area contributed by atoms with Crippen LogP contribution in [0.15, 0.2) is 47.7 Å². The number of amides is 3. The first kappa shape index (κ1) is 20.3. The molecule has 0 aliphatic carbocycles. The van der Waals surface area contributed by atoms with E-state index in [4.69, 9.17) is 4.74 Å². The van der Waals surface area contributed by atoms with Crippen LogP contribution in [-0.4, -0.2) is 23.7 Å². The molecule has 0 bridgehead atoms. The molecular weight excluding hydrogens is 370 g/mol. The fourth-order valence-electron chi connectivity index (χ4n) is 3.29. The van der Waals surface area contributed by atoms with E-state index < -0.39 is 12.1 Å². The molecule has 0 aromatic heterocycles. The average molecular weight is 395 g/mol. The van der Waals surface area contributed by atoms with Crippen LogP contribution in [0, 0.1) is 13.8 Å². The van der Waals surface area contributed by atoms with Crippen molar-refractivity contribution in [3.8, 4) is 11.5 Å². The third-order valence-electron chi connectivity index (χ3n) is 4.77. The summed E-state index contributed by atoms with van der Waals surface area (Å²) in [6.45, 7) is 7.75. The molecule has 2 aromatic carbocycles. The van der Waals surface area contributed by atoms with Crippen LogP contribution in [0.4, 0.5) is 10.5 Å². The second kappa shape index (κ2) is 8.26. The van der Waals surface area contributed by atoms with Crippen molar-refractivity contribution < 1.29 is 19.4 Å². The molecule has 3 rings (SSSR count). The molecule has 0 radical (unpaired) electrons. The highest BCUT2D eigenvalue weighted by molar-refractivity contribution is 6.07. The maximum Gasteiger partial charge on any atom is 0.319 e. The third-order valence-corrected chi connectivity index (χ3v) is 4.77. The van der Waals surface area contributed by atoms with Crippen LogP contribution in [0.3, 0.4) is 0 Å². The lowest BCUT2D eigenvalue weighted by atomic mass is 9.94. The zero-order valence-electron chi connectivity index (χ0n) is 16.9. The summed E-state index contributed by atoms with van der Waals surface area (Å²) in [6, 6.07) is 9.52. The normalized spacial score (nSPS) is 16.1. The Balaban J connectivity index is 1.99. The van der Waals surface area contributed by atoms with Crippen LogP contribution in [-0.2, 0) is 4.79 Å². The maximum atomic E-state index is 13.2. The Morgan fingerprint density at radius 2 is 1.93 bits per heavy atom. The van der Waals surface area contributed by atoms with Crippen molar-refractivity contribution in [2.24, 2.45) is 0 Å². The Morgan fingerprint density at radius 1 is 1.17 bits per heavy atom. The quantitative estimate of drug-likeness (QED) is 0.621. The van der Waals surface area contributed by atoms with Crippen molar-refractivity contribution in [3.63, 3.8) is 0 Å². The number of benzene rings is 2. The monoisotopic (exact) mass is 395 g/mol. The third kappa shape index (κ3) is 4.34. The number of urea groups is 1. The molecule has 0 saturated carbocycles. The van der Waals surface area contributed by atoms with Gasteiger partial charge < -0.3 is 25.8 Å². The van der Waals surface area contributed by atoms with Gasteiger partial charge in [-0.25, -0.2) is 4.79 Å². The maximum absolute atomic E-state index is 13.2. The number of ether oxygens (including phenoxy) is 1. The summed E-state index contributed by atoms with van der Waals surface area (Å²) >= 11 is 0. The molecule has 7 heteroatoms. The SMILES string of the molecule is CCOc1cc([C@H]2NC(=O)NC(C)=C2C(=O)Nc2cc(C)ccc2C)ccc1O. The van der Waals surface area contributed by atoms with Gasteiger partial charge in [0.15, 0.2) is 11.5 Å². The molecule has 0 unspecified atom stereocenters. The Kier molecular flexibility index (Phi) is 5.77. The van der Waals surface area contributed by atoms with Crippen LogP contribution in [0.1, 0.15) is 36.6 Å². The molecule has 1 aliphatic heterocycles. The minimum atomic E-state index is -0.686. The number of anilines is 1. The summed E-state index contributed by atoms with van der Waals surface area (Å²) in [5.41, 5.74) is 4.17. The van der Waals surface area contributed by atoms with Crippen LogP contribution in [0.2, 0.25) is 0 Å². The van der Waals surface area contributed by atoms with Gasteiger partial charge in [0.25, 0.3) is 5.91 Å². The Morgan fingerprint density at radius 3 is 2.66 bits per heavy atom. The molecule has 1 heterocycles. The Bertz CT molecular complexity index is 998. The number of aryl methyl sites for hydroxylation is 2. The van der Waals surface area contributed by atoms with E-state index in [9.17, 15) is 14.7 Å². The molecule has 3 amide bonds. The van der Waals surface area contributed by atoms with E-state index in [-0.39, 0.29) is 11.7 Å². The van der Waals surface area contributed by atoms with Gasteiger partial charge in [0.2, 0.25) is 0 Å². The minimum Gasteiger partial charge on any atom is -0.504 e. The first-order valence-corrected chi connectivity index (χ1v) is 9.42. The van der Waals surface area contributed by atoms with E-state index in [1.54, 1.807) is 19.1 Å². The second-order valence-electron chi connectivity index (χ2n) is 7.00. The lowest BCUT2D eigenvalue weighted by Gasteiger charge is -2.29. The van der Waals surface area contributed by atoms with Crippen LogP contribution < -0.4 is 20.7 Å². The number of phenols is 1. The zero-order valence-corrected chi connectivity index (χ0v) is 16.9. The fraction of sp³-hybridized carbons (Fsp3) is 0.273. The number of aromatic hydroxyl groups is 1. The summed E-state index contributed by atoms with van der Waals surface area (Å²) < 4.78 is 5.45. The highest BCUT2D eigenvalue weighted by atomic mass is 16.5. The summed E-state index contributed by atoms with van der Waals surface area (Å²) in [6.07, 6.45) is 0. The number of allylic oxidation sites excluding steroid dienone is 1. The van der Waals surface area contributed by atoms with Crippen molar-refractivity contribution in [2.45, 2.75) is 33.7 Å². The number of hydrogen-bond acceptors (Lipinski definition) is 4. The number of carbonyl (C=O) groups is 2. The topological polar surface area (TPSA) is 99.7 Å². The van der Waals surface area contributed by atoms with Gasteiger partial charge in [-0.1, -0.05) is 18.2 Å². The molecule has 0 saturated heterocycles. The highest BCUT2D eigenvalue weighted by Gasteiger charge is 2.32. The van der Waals surface area contributed by atoms with Crippen LogP contribution >= 0.6 is 0 Å². The fourth-order valence-corrected chi connectivity index (χ4v) is 3.29. The van der Waals surface area contributed by atoms with Gasteiger partial charge in [-0.2, -0.15) is 0 Å². The molecule has 2 aromatic rings. The van der Waals surface area contributed by atoms with Crippen molar-refractivity contribution in [1.29, 1.82) is 0 Å². The van der Waals surface area contributed by atoms with Gasteiger partial charge >= 0.3 is 6.03 Å². The van der Waals surface area contributed by atoms with E-state index in [0.717, 1.165) is 11.1 Å². The minimum absolute atomic E-state index is 0.00190. The Labute approximate surface area is 169 Å². The molecule has 1 atom stereocenters. The lowest BCUT2D eigenvalue weighted by Crippen LogP contribution is -2.46.